The maximum absolute atomic E-state index is 11.8. The Kier molecular flexibility index (Phi) is 5.92. The summed E-state index contributed by atoms with van der Waals surface area (Å²) in [4.78, 5) is 12.7. The molecule has 3 nitrogen and oxygen atoms in total. The lowest BCUT2D eigenvalue weighted by molar-refractivity contribution is 0.200. The van der Waals surface area contributed by atoms with E-state index in [9.17, 15) is 4.79 Å². The van der Waals surface area contributed by atoms with Crippen LogP contribution in [0.2, 0.25) is 0 Å². The second kappa shape index (κ2) is 8.17. The molecule has 0 aliphatic heterocycles. The predicted molar refractivity (Wildman–Crippen MR) is 106 cm³/mol. The molecule has 3 rings (SSSR count). The van der Waals surface area contributed by atoms with E-state index in [1.807, 2.05) is 12.1 Å². The fourth-order valence-electron chi connectivity index (χ4n) is 3.28. The smallest absolute Gasteiger partial charge is 0.371 e. The van der Waals surface area contributed by atoms with Crippen LogP contribution in [-0.2, 0) is 17.8 Å². The molecule has 0 atom stereocenters. The zero-order valence-corrected chi connectivity index (χ0v) is 16.7. The van der Waals surface area contributed by atoms with Crippen molar-refractivity contribution in [3.63, 3.8) is 0 Å². The molecule has 0 bridgehead atoms. The number of thioether (sulfide) groups is 1. The van der Waals surface area contributed by atoms with Gasteiger partial charge in [-0.05, 0) is 85.2 Å². The van der Waals surface area contributed by atoms with Crippen molar-refractivity contribution in [1.29, 1.82) is 0 Å². The average Bonchev–Trinajstić information content (AvgIpc) is 3.47. The molecule has 1 aliphatic carbocycles. The molecule has 0 unspecified atom stereocenters. The first-order valence-electron chi connectivity index (χ1n) is 9.14. The van der Waals surface area contributed by atoms with E-state index < -0.39 is 0 Å². The van der Waals surface area contributed by atoms with Gasteiger partial charge in [-0.3, -0.25) is 0 Å². The van der Waals surface area contributed by atoms with Gasteiger partial charge in [0.2, 0.25) is 0 Å². The van der Waals surface area contributed by atoms with Crippen molar-refractivity contribution >= 4 is 17.1 Å². The summed E-state index contributed by atoms with van der Waals surface area (Å²) in [6.07, 6.45) is 3.45. The lowest BCUT2D eigenvalue weighted by Crippen LogP contribution is -2.04. The van der Waals surface area contributed by atoms with Crippen molar-refractivity contribution in [2.45, 2.75) is 57.5 Å². The number of hydrogen-bond donors (Lipinski definition) is 0. The molecule has 0 N–H and O–H groups in total. The summed E-state index contributed by atoms with van der Waals surface area (Å²) in [7, 11) is 1.41. The Hall–Kier alpha value is -1.94. The largest absolute Gasteiger partial charge is 0.489 e. The highest BCUT2D eigenvalue weighted by Crippen LogP contribution is 2.44. The van der Waals surface area contributed by atoms with Gasteiger partial charge in [0.15, 0.2) is 0 Å². The van der Waals surface area contributed by atoms with Crippen molar-refractivity contribution in [2.75, 3.05) is 7.11 Å². The van der Waals surface area contributed by atoms with Crippen LogP contribution in [0.25, 0.3) is 0 Å². The zero-order valence-electron chi connectivity index (χ0n) is 15.9. The first kappa shape index (κ1) is 18.8. The molecule has 0 radical (unpaired) electrons. The molecular formula is C22H26O3S. The molecule has 0 amide bonds. The minimum Gasteiger partial charge on any atom is -0.489 e. The number of methoxy groups -OCH3 is 1. The van der Waals surface area contributed by atoms with Crippen molar-refractivity contribution < 1.29 is 14.3 Å². The molecule has 138 valence electrons. The molecule has 26 heavy (non-hydrogen) atoms. The van der Waals surface area contributed by atoms with Crippen LogP contribution in [0.4, 0.5) is 4.79 Å². The highest BCUT2D eigenvalue weighted by molar-refractivity contribution is 8.13. The van der Waals surface area contributed by atoms with Gasteiger partial charge >= 0.3 is 5.30 Å². The van der Waals surface area contributed by atoms with E-state index in [1.54, 1.807) is 0 Å². The minimum absolute atomic E-state index is 0.293. The summed E-state index contributed by atoms with van der Waals surface area (Å²) in [6.45, 7) is 6.86. The molecule has 4 heteroatoms. The molecule has 1 saturated carbocycles. The number of hydrogen-bond acceptors (Lipinski definition) is 4. The fourth-order valence-corrected chi connectivity index (χ4v) is 3.99. The standard InChI is InChI=1S/C22H26O3S/c1-5-16-11-15(3)20(12-14(16)2)25-13-19-18(17-9-10-17)7-6-8-21(19)26-22(23)24-4/h6-8,11-12,17H,5,9-10,13H2,1-4H3. The molecule has 2 aromatic rings. The van der Waals surface area contributed by atoms with Gasteiger partial charge < -0.3 is 9.47 Å². The fraction of sp³-hybridized carbons (Fsp3) is 0.409. The normalized spacial score (nSPS) is 13.5. The van der Waals surface area contributed by atoms with Gasteiger partial charge in [-0.2, -0.15) is 0 Å². The third-order valence-corrected chi connectivity index (χ3v) is 5.87. The van der Waals surface area contributed by atoms with Crippen LogP contribution in [0.3, 0.4) is 0 Å². The number of benzene rings is 2. The van der Waals surface area contributed by atoms with Crippen LogP contribution in [0.5, 0.6) is 5.75 Å². The van der Waals surface area contributed by atoms with Gasteiger partial charge in [0, 0.05) is 10.5 Å². The Labute approximate surface area is 160 Å². The van der Waals surface area contributed by atoms with E-state index in [4.69, 9.17) is 9.47 Å². The van der Waals surface area contributed by atoms with E-state index in [-0.39, 0.29) is 5.30 Å². The molecule has 0 saturated heterocycles. The second-order valence-corrected chi connectivity index (χ2v) is 7.82. The Bertz CT molecular complexity index is 809. The van der Waals surface area contributed by atoms with Gasteiger partial charge in [-0.1, -0.05) is 25.1 Å². The van der Waals surface area contributed by atoms with E-state index >= 15 is 0 Å². The van der Waals surface area contributed by atoms with Gasteiger partial charge in [-0.25, -0.2) is 4.79 Å². The third-order valence-electron chi connectivity index (χ3n) is 4.93. The maximum atomic E-state index is 11.8. The first-order valence-corrected chi connectivity index (χ1v) is 9.95. The zero-order chi connectivity index (χ0) is 18.7. The monoisotopic (exact) mass is 370 g/mol. The molecule has 2 aromatic carbocycles. The average molecular weight is 371 g/mol. The molecule has 1 aliphatic rings. The number of carbonyl (C=O) groups is 1. The molecule has 0 aromatic heterocycles. The SMILES string of the molecule is CCc1cc(C)c(OCc2c(SC(=O)OC)cccc2C2CC2)cc1C. The van der Waals surface area contributed by atoms with Crippen molar-refractivity contribution in [2.24, 2.45) is 0 Å². The van der Waals surface area contributed by atoms with Crippen LogP contribution in [0.1, 0.15) is 53.5 Å². The van der Waals surface area contributed by atoms with E-state index in [1.165, 1.54) is 36.6 Å². The Morgan fingerprint density at radius 2 is 1.96 bits per heavy atom. The Morgan fingerprint density at radius 1 is 1.19 bits per heavy atom. The second-order valence-electron chi connectivity index (χ2n) is 6.84. The van der Waals surface area contributed by atoms with Gasteiger partial charge in [-0.15, -0.1) is 0 Å². The van der Waals surface area contributed by atoms with Gasteiger partial charge in [0.05, 0.1) is 7.11 Å². The van der Waals surface area contributed by atoms with Crippen LogP contribution in [-0.4, -0.2) is 12.4 Å². The number of carbonyl (C=O) groups excluding carboxylic acids is 1. The Balaban J connectivity index is 1.87. The number of ether oxygens (including phenoxy) is 2. The summed E-state index contributed by atoms with van der Waals surface area (Å²) >= 11 is 1.14. The molecule has 0 heterocycles. The van der Waals surface area contributed by atoms with E-state index in [0.717, 1.165) is 40.0 Å². The first-order chi connectivity index (χ1) is 12.5. The highest BCUT2D eigenvalue weighted by atomic mass is 32.2. The topological polar surface area (TPSA) is 35.5 Å². The predicted octanol–water partition coefficient (Wildman–Crippen LogP) is 6.18. The van der Waals surface area contributed by atoms with Crippen LogP contribution in [0, 0.1) is 13.8 Å². The summed E-state index contributed by atoms with van der Waals surface area (Å²) < 4.78 is 11.0. The number of rotatable bonds is 6. The lowest BCUT2D eigenvalue weighted by Gasteiger charge is -2.17. The summed E-state index contributed by atoms with van der Waals surface area (Å²) in [5.74, 6) is 1.51. The van der Waals surface area contributed by atoms with Gasteiger partial charge in [0.1, 0.15) is 12.4 Å². The Morgan fingerprint density at radius 3 is 2.62 bits per heavy atom. The van der Waals surface area contributed by atoms with Gasteiger partial charge in [0.25, 0.3) is 0 Å². The van der Waals surface area contributed by atoms with E-state index in [0.29, 0.717) is 12.5 Å². The van der Waals surface area contributed by atoms with Crippen molar-refractivity contribution in [3.05, 3.63) is 58.1 Å². The van der Waals surface area contributed by atoms with Crippen LogP contribution >= 0.6 is 11.8 Å². The third kappa shape index (κ3) is 4.24. The quantitative estimate of drug-likeness (QED) is 0.449. The molecule has 0 spiro atoms. The summed E-state index contributed by atoms with van der Waals surface area (Å²) in [5.41, 5.74) is 6.18. The minimum atomic E-state index is -0.293. The maximum Gasteiger partial charge on any atom is 0.371 e. The van der Waals surface area contributed by atoms with Crippen LogP contribution < -0.4 is 4.74 Å². The summed E-state index contributed by atoms with van der Waals surface area (Å²) in [5, 5.41) is -0.293. The number of aryl methyl sites for hydroxylation is 3. The van der Waals surface area contributed by atoms with Crippen molar-refractivity contribution in [1.82, 2.24) is 0 Å². The lowest BCUT2D eigenvalue weighted by atomic mass is 10.0. The summed E-state index contributed by atoms with van der Waals surface area (Å²) in [6, 6.07) is 10.5. The molecule has 1 fully saturated rings. The highest BCUT2D eigenvalue weighted by Gasteiger charge is 2.28. The van der Waals surface area contributed by atoms with E-state index in [2.05, 4.69) is 39.0 Å². The van der Waals surface area contributed by atoms with Crippen LogP contribution in [0.15, 0.2) is 35.2 Å². The molecular weight excluding hydrogens is 344 g/mol. The van der Waals surface area contributed by atoms with Crippen molar-refractivity contribution in [3.8, 4) is 5.75 Å².